The standard InChI is InChI=1S/C10H20N2O2/c1-10(2,7-11)9(14)12-5-3-4-8(13)6-12/h8,13H,3-7,11H2,1-2H3. The number of hydrogen-bond donors (Lipinski definition) is 2. The first-order valence-electron chi connectivity index (χ1n) is 5.15. The van der Waals surface area contributed by atoms with Crippen LogP contribution in [-0.2, 0) is 4.79 Å². The maximum atomic E-state index is 11.9. The molecule has 1 fully saturated rings. The summed E-state index contributed by atoms with van der Waals surface area (Å²) in [4.78, 5) is 13.7. The second-order valence-corrected chi connectivity index (χ2v) is 4.64. The number of piperidine rings is 1. The minimum atomic E-state index is -0.503. The lowest BCUT2D eigenvalue weighted by atomic mass is 9.91. The van der Waals surface area contributed by atoms with Crippen LogP contribution >= 0.6 is 0 Å². The van der Waals surface area contributed by atoms with Crippen LogP contribution in [0.1, 0.15) is 26.7 Å². The molecule has 1 unspecified atom stereocenters. The number of carbonyl (C=O) groups excluding carboxylic acids is 1. The normalized spacial score (nSPS) is 23.7. The molecule has 1 amide bonds. The second-order valence-electron chi connectivity index (χ2n) is 4.64. The summed E-state index contributed by atoms with van der Waals surface area (Å²) in [6.07, 6.45) is 1.32. The first kappa shape index (κ1) is 11.5. The molecule has 4 heteroatoms. The molecule has 1 atom stereocenters. The first-order chi connectivity index (χ1) is 6.47. The molecule has 1 aliphatic heterocycles. The Labute approximate surface area is 85.1 Å². The van der Waals surface area contributed by atoms with E-state index in [1.807, 2.05) is 13.8 Å². The van der Waals surface area contributed by atoms with E-state index in [9.17, 15) is 9.90 Å². The Kier molecular flexibility index (Phi) is 3.50. The van der Waals surface area contributed by atoms with Crippen molar-refractivity contribution in [1.29, 1.82) is 0 Å². The predicted molar refractivity (Wildman–Crippen MR) is 54.7 cm³/mol. The summed E-state index contributed by atoms with van der Waals surface area (Å²) in [5.41, 5.74) is 5.04. The third-order valence-corrected chi connectivity index (χ3v) is 2.77. The molecule has 0 aromatic rings. The fourth-order valence-corrected chi connectivity index (χ4v) is 1.65. The van der Waals surface area contributed by atoms with Gasteiger partial charge in [0.2, 0.25) is 5.91 Å². The van der Waals surface area contributed by atoms with Crippen LogP contribution in [-0.4, -0.2) is 41.7 Å². The zero-order chi connectivity index (χ0) is 10.8. The van der Waals surface area contributed by atoms with Crippen molar-refractivity contribution in [3.05, 3.63) is 0 Å². The maximum absolute atomic E-state index is 11.9. The molecule has 1 aliphatic rings. The Morgan fingerprint density at radius 1 is 1.64 bits per heavy atom. The highest BCUT2D eigenvalue weighted by Gasteiger charge is 2.32. The third kappa shape index (κ3) is 2.45. The lowest BCUT2D eigenvalue weighted by molar-refractivity contribution is -0.142. The Morgan fingerprint density at radius 2 is 2.29 bits per heavy atom. The van der Waals surface area contributed by atoms with Gasteiger partial charge in [-0.1, -0.05) is 0 Å². The first-order valence-corrected chi connectivity index (χ1v) is 5.15. The lowest BCUT2D eigenvalue weighted by Gasteiger charge is -2.35. The van der Waals surface area contributed by atoms with Crippen LogP contribution in [0.15, 0.2) is 0 Å². The average molecular weight is 200 g/mol. The predicted octanol–water partition coefficient (Wildman–Crippen LogP) is -0.0454. The molecule has 0 saturated carbocycles. The fourth-order valence-electron chi connectivity index (χ4n) is 1.65. The molecular weight excluding hydrogens is 180 g/mol. The molecule has 0 aromatic carbocycles. The highest BCUT2D eigenvalue weighted by molar-refractivity contribution is 5.82. The van der Waals surface area contributed by atoms with Crippen molar-refractivity contribution in [2.24, 2.45) is 11.1 Å². The van der Waals surface area contributed by atoms with Gasteiger partial charge in [0, 0.05) is 19.6 Å². The average Bonchev–Trinajstić information content (AvgIpc) is 2.16. The summed E-state index contributed by atoms with van der Waals surface area (Å²) in [6.45, 7) is 5.24. The summed E-state index contributed by atoms with van der Waals surface area (Å²) >= 11 is 0. The number of β-amino-alcohol motifs (C(OH)–C–C–N with tert-alkyl or cyclic N) is 1. The zero-order valence-corrected chi connectivity index (χ0v) is 8.99. The fraction of sp³-hybridized carbons (Fsp3) is 0.900. The number of nitrogens with two attached hydrogens (primary N) is 1. The van der Waals surface area contributed by atoms with Gasteiger partial charge >= 0.3 is 0 Å². The molecule has 3 N–H and O–H groups in total. The summed E-state index contributed by atoms with van der Waals surface area (Å²) in [5, 5.41) is 9.44. The van der Waals surface area contributed by atoms with Crippen LogP contribution in [0.4, 0.5) is 0 Å². The van der Waals surface area contributed by atoms with Crippen molar-refractivity contribution in [2.75, 3.05) is 19.6 Å². The molecule has 1 rings (SSSR count). The van der Waals surface area contributed by atoms with E-state index in [4.69, 9.17) is 5.73 Å². The van der Waals surface area contributed by atoms with Gasteiger partial charge in [0.1, 0.15) is 0 Å². The number of nitrogens with zero attached hydrogens (tertiary/aromatic N) is 1. The highest BCUT2D eigenvalue weighted by atomic mass is 16.3. The van der Waals surface area contributed by atoms with Gasteiger partial charge in [-0.3, -0.25) is 4.79 Å². The summed E-state index contributed by atoms with van der Waals surface area (Å²) in [5.74, 6) is 0.0544. The minimum absolute atomic E-state index is 0.0544. The van der Waals surface area contributed by atoms with Crippen molar-refractivity contribution in [3.63, 3.8) is 0 Å². The highest BCUT2D eigenvalue weighted by Crippen LogP contribution is 2.20. The van der Waals surface area contributed by atoms with Crippen LogP contribution in [0.5, 0.6) is 0 Å². The lowest BCUT2D eigenvalue weighted by Crippen LogP contribution is -2.49. The quantitative estimate of drug-likeness (QED) is 0.657. The van der Waals surface area contributed by atoms with Gasteiger partial charge in [0.25, 0.3) is 0 Å². The number of carbonyl (C=O) groups is 1. The number of aliphatic hydroxyl groups excluding tert-OH is 1. The van der Waals surface area contributed by atoms with E-state index in [1.54, 1.807) is 4.90 Å². The Bertz CT molecular complexity index is 216. The second kappa shape index (κ2) is 4.28. The van der Waals surface area contributed by atoms with E-state index in [1.165, 1.54) is 0 Å². The van der Waals surface area contributed by atoms with Gasteiger partial charge in [0.15, 0.2) is 0 Å². The monoisotopic (exact) mass is 200 g/mol. The topological polar surface area (TPSA) is 66.6 Å². The molecule has 1 heterocycles. The number of amides is 1. The van der Waals surface area contributed by atoms with Crippen LogP contribution < -0.4 is 5.73 Å². The molecular formula is C10H20N2O2. The smallest absolute Gasteiger partial charge is 0.229 e. The number of aliphatic hydroxyl groups is 1. The largest absolute Gasteiger partial charge is 0.391 e. The van der Waals surface area contributed by atoms with Gasteiger partial charge in [-0.15, -0.1) is 0 Å². The van der Waals surface area contributed by atoms with E-state index in [2.05, 4.69) is 0 Å². The van der Waals surface area contributed by atoms with Crippen LogP contribution in [0, 0.1) is 5.41 Å². The molecule has 0 spiro atoms. The van der Waals surface area contributed by atoms with Gasteiger partial charge in [0.05, 0.1) is 11.5 Å². The van der Waals surface area contributed by atoms with Crippen LogP contribution in [0.3, 0.4) is 0 Å². The van der Waals surface area contributed by atoms with E-state index in [-0.39, 0.29) is 12.0 Å². The van der Waals surface area contributed by atoms with E-state index >= 15 is 0 Å². The molecule has 4 nitrogen and oxygen atoms in total. The van der Waals surface area contributed by atoms with Gasteiger partial charge in [-0.05, 0) is 26.7 Å². The summed E-state index contributed by atoms with van der Waals surface area (Å²) < 4.78 is 0. The molecule has 0 aromatic heterocycles. The maximum Gasteiger partial charge on any atom is 0.229 e. The van der Waals surface area contributed by atoms with Gasteiger partial charge < -0.3 is 15.7 Å². The molecule has 1 saturated heterocycles. The summed E-state index contributed by atoms with van der Waals surface area (Å²) in [6, 6.07) is 0. The molecule has 82 valence electrons. The number of rotatable bonds is 2. The molecule has 0 aliphatic carbocycles. The Morgan fingerprint density at radius 3 is 2.79 bits per heavy atom. The Hall–Kier alpha value is -0.610. The number of hydrogen-bond acceptors (Lipinski definition) is 3. The number of likely N-dealkylation sites (tertiary alicyclic amines) is 1. The molecule has 14 heavy (non-hydrogen) atoms. The Balaban J connectivity index is 2.60. The van der Waals surface area contributed by atoms with Crippen LogP contribution in [0.2, 0.25) is 0 Å². The zero-order valence-electron chi connectivity index (χ0n) is 8.99. The van der Waals surface area contributed by atoms with Crippen molar-refractivity contribution in [2.45, 2.75) is 32.8 Å². The van der Waals surface area contributed by atoms with Crippen LogP contribution in [0.25, 0.3) is 0 Å². The summed E-state index contributed by atoms with van der Waals surface area (Å²) in [7, 11) is 0. The van der Waals surface area contributed by atoms with Gasteiger partial charge in [-0.2, -0.15) is 0 Å². The molecule has 0 radical (unpaired) electrons. The van der Waals surface area contributed by atoms with E-state index in [0.717, 1.165) is 19.4 Å². The van der Waals surface area contributed by atoms with Gasteiger partial charge in [-0.25, -0.2) is 0 Å². The van der Waals surface area contributed by atoms with E-state index < -0.39 is 5.41 Å². The third-order valence-electron chi connectivity index (χ3n) is 2.77. The van der Waals surface area contributed by atoms with Crippen molar-refractivity contribution < 1.29 is 9.90 Å². The minimum Gasteiger partial charge on any atom is -0.391 e. The molecule has 0 bridgehead atoms. The van der Waals surface area contributed by atoms with E-state index in [0.29, 0.717) is 13.1 Å². The SMILES string of the molecule is CC(C)(CN)C(=O)N1CCCC(O)C1. The van der Waals surface area contributed by atoms with Crippen molar-refractivity contribution >= 4 is 5.91 Å². The van der Waals surface area contributed by atoms with Crippen molar-refractivity contribution in [1.82, 2.24) is 4.90 Å². The van der Waals surface area contributed by atoms with Crippen molar-refractivity contribution in [3.8, 4) is 0 Å².